The number of aryl methyl sites for hydroxylation is 1. The number of hydrogen-bond acceptors (Lipinski definition) is 4. The predicted octanol–water partition coefficient (Wildman–Crippen LogP) is 0.496. The second-order valence-corrected chi connectivity index (χ2v) is 6.28. The highest BCUT2D eigenvalue weighted by Crippen LogP contribution is 2.15. The van der Waals surface area contributed by atoms with E-state index in [4.69, 9.17) is 5.11 Å². The van der Waals surface area contributed by atoms with Gasteiger partial charge in [-0.05, 0) is 31.5 Å². The van der Waals surface area contributed by atoms with Crippen molar-refractivity contribution in [1.82, 2.24) is 10.0 Å². The summed E-state index contributed by atoms with van der Waals surface area (Å²) in [6.45, 7) is 4.85. The van der Waals surface area contributed by atoms with E-state index in [0.717, 1.165) is 0 Å². The first-order chi connectivity index (χ1) is 9.69. The fourth-order valence-electron chi connectivity index (χ4n) is 1.62. The largest absolute Gasteiger partial charge is 0.480 e. The van der Waals surface area contributed by atoms with Gasteiger partial charge in [0.25, 0.3) is 5.91 Å². The van der Waals surface area contributed by atoms with Crippen LogP contribution in [0.25, 0.3) is 0 Å². The van der Waals surface area contributed by atoms with Crippen LogP contribution in [0.15, 0.2) is 23.1 Å². The molecule has 21 heavy (non-hydrogen) atoms. The SMILES string of the molecule is CCNS(=O)(=O)c1ccc(C)c(C(=O)N[C@@H](C)C(=O)O)c1. The smallest absolute Gasteiger partial charge is 0.325 e. The average molecular weight is 314 g/mol. The molecule has 116 valence electrons. The van der Waals surface area contributed by atoms with Crippen molar-refractivity contribution >= 4 is 21.9 Å². The van der Waals surface area contributed by atoms with Crippen LogP contribution in [-0.4, -0.2) is 38.0 Å². The highest BCUT2D eigenvalue weighted by Gasteiger charge is 2.20. The molecule has 0 fully saturated rings. The summed E-state index contributed by atoms with van der Waals surface area (Å²) >= 11 is 0. The zero-order valence-corrected chi connectivity index (χ0v) is 12.8. The zero-order chi connectivity index (χ0) is 16.2. The number of amides is 1. The van der Waals surface area contributed by atoms with Gasteiger partial charge in [-0.1, -0.05) is 13.0 Å². The Kier molecular flexibility index (Phi) is 5.45. The van der Waals surface area contributed by atoms with E-state index in [0.29, 0.717) is 5.56 Å². The number of carbonyl (C=O) groups is 2. The summed E-state index contributed by atoms with van der Waals surface area (Å²) in [4.78, 5) is 22.7. The van der Waals surface area contributed by atoms with Crippen molar-refractivity contribution < 1.29 is 23.1 Å². The van der Waals surface area contributed by atoms with Crippen LogP contribution < -0.4 is 10.0 Å². The lowest BCUT2D eigenvalue weighted by atomic mass is 10.1. The van der Waals surface area contributed by atoms with E-state index < -0.39 is 27.9 Å². The molecular formula is C13H18N2O5S. The van der Waals surface area contributed by atoms with Gasteiger partial charge in [0.1, 0.15) is 6.04 Å². The van der Waals surface area contributed by atoms with Gasteiger partial charge in [0.2, 0.25) is 10.0 Å². The van der Waals surface area contributed by atoms with Crippen LogP contribution in [-0.2, 0) is 14.8 Å². The average Bonchev–Trinajstić information content (AvgIpc) is 2.38. The van der Waals surface area contributed by atoms with Crippen molar-refractivity contribution in [2.45, 2.75) is 31.7 Å². The Morgan fingerprint density at radius 2 is 1.95 bits per heavy atom. The predicted molar refractivity (Wildman–Crippen MR) is 76.6 cm³/mol. The van der Waals surface area contributed by atoms with Gasteiger partial charge in [-0.25, -0.2) is 13.1 Å². The third kappa shape index (κ3) is 4.27. The molecule has 3 N–H and O–H groups in total. The molecule has 0 aliphatic rings. The maximum absolute atomic E-state index is 12.0. The molecule has 1 atom stereocenters. The van der Waals surface area contributed by atoms with Crippen molar-refractivity contribution in [1.29, 1.82) is 0 Å². The van der Waals surface area contributed by atoms with Gasteiger partial charge in [-0.15, -0.1) is 0 Å². The topological polar surface area (TPSA) is 113 Å². The first-order valence-electron chi connectivity index (χ1n) is 6.33. The second kappa shape index (κ2) is 6.68. The Bertz CT molecular complexity index is 655. The maximum atomic E-state index is 12.0. The maximum Gasteiger partial charge on any atom is 0.325 e. The van der Waals surface area contributed by atoms with E-state index >= 15 is 0 Å². The summed E-state index contributed by atoms with van der Waals surface area (Å²) in [5, 5.41) is 11.1. The summed E-state index contributed by atoms with van der Waals surface area (Å²) in [6.07, 6.45) is 0. The Balaban J connectivity index is 3.14. The molecule has 0 saturated carbocycles. The van der Waals surface area contributed by atoms with E-state index in [-0.39, 0.29) is 17.0 Å². The van der Waals surface area contributed by atoms with Gasteiger partial charge in [-0.3, -0.25) is 9.59 Å². The van der Waals surface area contributed by atoms with Crippen LogP contribution in [0.2, 0.25) is 0 Å². The normalized spacial score (nSPS) is 12.7. The molecule has 0 radical (unpaired) electrons. The molecular weight excluding hydrogens is 296 g/mol. The van der Waals surface area contributed by atoms with Crippen molar-refractivity contribution in [3.05, 3.63) is 29.3 Å². The number of hydrogen-bond donors (Lipinski definition) is 3. The van der Waals surface area contributed by atoms with E-state index in [1.54, 1.807) is 13.8 Å². The first kappa shape index (κ1) is 17.1. The Morgan fingerprint density at radius 1 is 1.33 bits per heavy atom. The number of benzene rings is 1. The van der Waals surface area contributed by atoms with Gasteiger partial charge < -0.3 is 10.4 Å². The standard InChI is InChI=1S/C13H18N2O5S/c1-4-14-21(19,20)10-6-5-8(2)11(7-10)12(16)15-9(3)13(17)18/h5-7,9,14H,4H2,1-3H3,(H,15,16)(H,17,18)/t9-/m0/s1. The molecule has 1 amide bonds. The molecule has 0 bridgehead atoms. The van der Waals surface area contributed by atoms with Crippen LogP contribution in [0, 0.1) is 6.92 Å². The van der Waals surface area contributed by atoms with Gasteiger partial charge in [-0.2, -0.15) is 0 Å². The van der Waals surface area contributed by atoms with Crippen molar-refractivity contribution in [3.8, 4) is 0 Å². The molecule has 1 aromatic rings. The van der Waals surface area contributed by atoms with Gasteiger partial charge in [0.05, 0.1) is 4.90 Å². The van der Waals surface area contributed by atoms with Crippen LogP contribution >= 0.6 is 0 Å². The van der Waals surface area contributed by atoms with E-state index in [1.807, 2.05) is 0 Å². The fraction of sp³-hybridized carbons (Fsp3) is 0.385. The fourth-order valence-corrected chi connectivity index (χ4v) is 2.69. The lowest BCUT2D eigenvalue weighted by molar-refractivity contribution is -0.138. The van der Waals surface area contributed by atoms with Gasteiger partial charge >= 0.3 is 5.97 Å². The number of carboxylic acid groups (broad SMARTS) is 1. The molecule has 1 aromatic carbocycles. The molecule has 8 heteroatoms. The van der Waals surface area contributed by atoms with Crippen LogP contribution in [0.1, 0.15) is 29.8 Å². The van der Waals surface area contributed by atoms with Crippen molar-refractivity contribution in [2.75, 3.05) is 6.54 Å². The van der Waals surface area contributed by atoms with Gasteiger partial charge in [0.15, 0.2) is 0 Å². The zero-order valence-electron chi connectivity index (χ0n) is 12.0. The summed E-state index contributed by atoms with van der Waals surface area (Å²) in [6, 6.07) is 3.07. The molecule has 0 spiro atoms. The highest BCUT2D eigenvalue weighted by atomic mass is 32.2. The Labute approximate surface area is 123 Å². The minimum absolute atomic E-state index is 0.0388. The van der Waals surface area contributed by atoms with Crippen LogP contribution in [0.4, 0.5) is 0 Å². The third-order valence-corrected chi connectivity index (χ3v) is 4.36. The molecule has 7 nitrogen and oxygen atoms in total. The summed E-state index contributed by atoms with van der Waals surface area (Å²) in [5.41, 5.74) is 0.683. The molecule has 0 aliphatic carbocycles. The van der Waals surface area contributed by atoms with E-state index in [2.05, 4.69) is 10.0 Å². The molecule has 1 rings (SSSR count). The number of carbonyl (C=O) groups excluding carboxylic acids is 1. The number of sulfonamides is 1. The number of aliphatic carboxylic acids is 1. The monoisotopic (exact) mass is 314 g/mol. The molecule has 0 aromatic heterocycles. The molecule has 0 unspecified atom stereocenters. The molecule has 0 heterocycles. The first-order valence-corrected chi connectivity index (χ1v) is 7.81. The van der Waals surface area contributed by atoms with Crippen molar-refractivity contribution in [3.63, 3.8) is 0 Å². The summed E-state index contributed by atoms with van der Waals surface area (Å²) in [5.74, 6) is -1.80. The summed E-state index contributed by atoms with van der Waals surface area (Å²) in [7, 11) is -3.67. The second-order valence-electron chi connectivity index (χ2n) is 4.51. The number of carboxylic acids is 1. The minimum Gasteiger partial charge on any atom is -0.480 e. The Morgan fingerprint density at radius 3 is 2.48 bits per heavy atom. The van der Waals surface area contributed by atoms with Crippen LogP contribution in [0.3, 0.4) is 0 Å². The third-order valence-electron chi connectivity index (χ3n) is 2.82. The highest BCUT2D eigenvalue weighted by molar-refractivity contribution is 7.89. The van der Waals surface area contributed by atoms with E-state index in [1.165, 1.54) is 25.1 Å². The summed E-state index contributed by atoms with van der Waals surface area (Å²) < 4.78 is 26.2. The molecule has 0 aliphatic heterocycles. The molecule has 0 saturated heterocycles. The Hall–Kier alpha value is -1.93. The minimum atomic E-state index is -3.67. The van der Waals surface area contributed by atoms with Gasteiger partial charge in [0, 0.05) is 12.1 Å². The van der Waals surface area contributed by atoms with Crippen LogP contribution in [0.5, 0.6) is 0 Å². The lowest BCUT2D eigenvalue weighted by Gasteiger charge is -2.12. The number of nitrogens with one attached hydrogen (secondary N) is 2. The quantitative estimate of drug-likeness (QED) is 0.707. The van der Waals surface area contributed by atoms with Crippen molar-refractivity contribution in [2.24, 2.45) is 0 Å². The van der Waals surface area contributed by atoms with E-state index in [9.17, 15) is 18.0 Å². The lowest BCUT2D eigenvalue weighted by Crippen LogP contribution is -2.38. The number of rotatable bonds is 6.